The van der Waals surface area contributed by atoms with Crippen LogP contribution in [-0.4, -0.2) is 28.5 Å². The molecule has 0 aliphatic rings. The quantitative estimate of drug-likeness (QED) is 0.651. The number of pyridine rings is 1. The summed E-state index contributed by atoms with van der Waals surface area (Å²) in [6.45, 7) is 5.25. The summed E-state index contributed by atoms with van der Waals surface area (Å²) >= 11 is 3.34. The minimum Gasteiger partial charge on any atom is -0.339 e. The molecule has 1 aromatic carbocycles. The number of nitrogens with zero attached hydrogens (tertiary/aromatic N) is 2. The van der Waals surface area contributed by atoms with Gasteiger partial charge in [-0.2, -0.15) is 0 Å². The SMILES string of the molecule is C=CCN(CCc1ccccc1)C(=O)CCn1cc(Br)ccc1=O. The number of hydrogen-bond donors (Lipinski definition) is 0. The summed E-state index contributed by atoms with van der Waals surface area (Å²) in [6.07, 6.45) is 4.53. The number of halogens is 1. The Kier molecular flexibility index (Phi) is 7.00. The second kappa shape index (κ2) is 9.23. The zero-order valence-electron chi connectivity index (χ0n) is 13.5. The Hall–Kier alpha value is -2.14. The van der Waals surface area contributed by atoms with Gasteiger partial charge in [-0.15, -0.1) is 6.58 Å². The Labute approximate surface area is 150 Å². The van der Waals surface area contributed by atoms with Crippen molar-refractivity contribution >= 4 is 21.8 Å². The highest BCUT2D eigenvalue weighted by Crippen LogP contribution is 2.07. The maximum atomic E-state index is 12.5. The third-order valence-corrected chi connectivity index (χ3v) is 4.20. The van der Waals surface area contributed by atoms with E-state index < -0.39 is 0 Å². The van der Waals surface area contributed by atoms with Crippen molar-refractivity contribution in [3.05, 3.63) is 81.7 Å². The van der Waals surface area contributed by atoms with Gasteiger partial charge >= 0.3 is 0 Å². The molecule has 4 nitrogen and oxygen atoms in total. The molecule has 2 aromatic rings. The van der Waals surface area contributed by atoms with Crippen LogP contribution in [0.15, 0.2) is 70.6 Å². The van der Waals surface area contributed by atoms with Crippen LogP contribution in [-0.2, 0) is 17.8 Å². The first-order valence-corrected chi connectivity index (χ1v) is 8.68. The Bertz CT molecular complexity index is 741. The molecule has 1 aromatic heterocycles. The van der Waals surface area contributed by atoms with Gasteiger partial charge in [0.1, 0.15) is 0 Å². The molecule has 0 saturated heterocycles. The van der Waals surface area contributed by atoms with E-state index >= 15 is 0 Å². The minimum atomic E-state index is -0.106. The lowest BCUT2D eigenvalue weighted by atomic mass is 10.1. The van der Waals surface area contributed by atoms with Gasteiger partial charge in [0.15, 0.2) is 0 Å². The number of carbonyl (C=O) groups excluding carboxylic acids is 1. The highest BCUT2D eigenvalue weighted by atomic mass is 79.9. The van der Waals surface area contributed by atoms with E-state index in [0.717, 1.165) is 10.9 Å². The smallest absolute Gasteiger partial charge is 0.250 e. The van der Waals surface area contributed by atoms with Crippen LogP contribution < -0.4 is 5.56 Å². The van der Waals surface area contributed by atoms with Crippen molar-refractivity contribution in [3.63, 3.8) is 0 Å². The maximum absolute atomic E-state index is 12.5. The van der Waals surface area contributed by atoms with Crippen LogP contribution in [0.3, 0.4) is 0 Å². The number of hydrogen-bond acceptors (Lipinski definition) is 2. The van der Waals surface area contributed by atoms with E-state index in [0.29, 0.717) is 26.1 Å². The van der Waals surface area contributed by atoms with Gasteiger partial charge in [0.25, 0.3) is 5.56 Å². The summed E-state index contributed by atoms with van der Waals surface area (Å²) in [5.74, 6) is 0.0257. The molecule has 0 unspecified atom stereocenters. The Morgan fingerprint density at radius 2 is 1.96 bits per heavy atom. The average Bonchev–Trinajstić information content (AvgIpc) is 2.60. The molecule has 2 rings (SSSR count). The van der Waals surface area contributed by atoms with E-state index in [1.807, 2.05) is 18.2 Å². The van der Waals surface area contributed by atoms with Crippen LogP contribution in [0.4, 0.5) is 0 Å². The summed E-state index contributed by atoms with van der Waals surface area (Å²) in [5.41, 5.74) is 1.09. The van der Waals surface area contributed by atoms with Crippen LogP contribution in [0.5, 0.6) is 0 Å². The van der Waals surface area contributed by atoms with Gasteiger partial charge in [0, 0.05) is 42.8 Å². The molecule has 0 bridgehead atoms. The fourth-order valence-corrected chi connectivity index (χ4v) is 2.81. The van der Waals surface area contributed by atoms with E-state index in [2.05, 4.69) is 34.6 Å². The summed E-state index contributed by atoms with van der Waals surface area (Å²) in [7, 11) is 0. The van der Waals surface area contributed by atoms with E-state index in [1.54, 1.807) is 27.8 Å². The van der Waals surface area contributed by atoms with E-state index in [4.69, 9.17) is 0 Å². The lowest BCUT2D eigenvalue weighted by Gasteiger charge is -2.21. The first kappa shape index (κ1) is 18.2. The first-order chi connectivity index (χ1) is 11.6. The molecule has 24 heavy (non-hydrogen) atoms. The lowest BCUT2D eigenvalue weighted by molar-refractivity contribution is -0.130. The molecule has 0 aliphatic heterocycles. The predicted octanol–water partition coefficient (Wildman–Crippen LogP) is 3.26. The van der Waals surface area contributed by atoms with Crippen molar-refractivity contribution in [1.82, 2.24) is 9.47 Å². The van der Waals surface area contributed by atoms with Gasteiger partial charge in [-0.25, -0.2) is 0 Å². The molecule has 0 atom stereocenters. The zero-order valence-corrected chi connectivity index (χ0v) is 15.1. The molecule has 0 aliphatic carbocycles. The number of aryl methyl sites for hydroxylation is 1. The zero-order chi connectivity index (χ0) is 17.4. The molecule has 0 saturated carbocycles. The monoisotopic (exact) mass is 388 g/mol. The van der Waals surface area contributed by atoms with E-state index in [-0.39, 0.29) is 11.5 Å². The first-order valence-electron chi connectivity index (χ1n) is 7.88. The summed E-state index contributed by atoms with van der Waals surface area (Å²) < 4.78 is 2.37. The normalized spacial score (nSPS) is 10.4. The molecule has 0 N–H and O–H groups in total. The summed E-state index contributed by atoms with van der Waals surface area (Å²) in [5, 5.41) is 0. The standard InChI is InChI=1S/C19H21BrN2O2/c1-2-12-21(13-10-16-6-4-3-5-7-16)19(24)11-14-22-15-17(20)8-9-18(22)23/h2-9,15H,1,10-14H2. The maximum Gasteiger partial charge on any atom is 0.250 e. The van der Waals surface area contributed by atoms with Crippen molar-refractivity contribution in [2.75, 3.05) is 13.1 Å². The Morgan fingerprint density at radius 1 is 1.21 bits per heavy atom. The number of carbonyl (C=O) groups is 1. The van der Waals surface area contributed by atoms with Gasteiger partial charge in [-0.3, -0.25) is 9.59 Å². The fraction of sp³-hybridized carbons (Fsp3) is 0.263. The van der Waals surface area contributed by atoms with Crippen LogP contribution in [0.25, 0.3) is 0 Å². The molecular weight excluding hydrogens is 368 g/mol. The van der Waals surface area contributed by atoms with Crippen molar-refractivity contribution in [2.24, 2.45) is 0 Å². The van der Waals surface area contributed by atoms with E-state index in [1.165, 1.54) is 11.6 Å². The molecule has 5 heteroatoms. The second-order valence-corrected chi connectivity index (χ2v) is 6.41. The van der Waals surface area contributed by atoms with Gasteiger partial charge in [-0.05, 0) is 34.0 Å². The van der Waals surface area contributed by atoms with Gasteiger partial charge in [-0.1, -0.05) is 36.4 Å². The third kappa shape index (κ3) is 5.49. The summed E-state index contributed by atoms with van der Waals surface area (Å²) in [4.78, 5) is 26.0. The molecule has 0 radical (unpaired) electrons. The fourth-order valence-electron chi connectivity index (χ4n) is 2.43. The molecule has 0 fully saturated rings. The summed E-state index contributed by atoms with van der Waals surface area (Å²) in [6, 6.07) is 13.3. The Morgan fingerprint density at radius 3 is 2.67 bits per heavy atom. The molecule has 1 amide bonds. The molecule has 1 heterocycles. The number of aromatic nitrogens is 1. The Balaban J connectivity index is 1.94. The number of amides is 1. The minimum absolute atomic E-state index is 0.0257. The molecular formula is C19H21BrN2O2. The highest BCUT2D eigenvalue weighted by Gasteiger charge is 2.12. The van der Waals surface area contributed by atoms with Crippen LogP contribution in [0.1, 0.15) is 12.0 Å². The highest BCUT2D eigenvalue weighted by molar-refractivity contribution is 9.10. The van der Waals surface area contributed by atoms with Crippen LogP contribution in [0.2, 0.25) is 0 Å². The van der Waals surface area contributed by atoms with Crippen molar-refractivity contribution in [1.29, 1.82) is 0 Å². The molecule has 126 valence electrons. The van der Waals surface area contributed by atoms with Crippen molar-refractivity contribution < 1.29 is 4.79 Å². The van der Waals surface area contributed by atoms with Crippen LogP contribution >= 0.6 is 15.9 Å². The second-order valence-electron chi connectivity index (χ2n) is 5.49. The van der Waals surface area contributed by atoms with E-state index in [9.17, 15) is 9.59 Å². The van der Waals surface area contributed by atoms with Gasteiger partial charge in [0.2, 0.25) is 5.91 Å². The average molecular weight is 389 g/mol. The number of benzene rings is 1. The van der Waals surface area contributed by atoms with Crippen LogP contribution in [0, 0.1) is 0 Å². The molecule has 0 spiro atoms. The third-order valence-electron chi connectivity index (χ3n) is 3.73. The van der Waals surface area contributed by atoms with Gasteiger partial charge < -0.3 is 9.47 Å². The van der Waals surface area contributed by atoms with Crippen molar-refractivity contribution in [3.8, 4) is 0 Å². The van der Waals surface area contributed by atoms with Gasteiger partial charge in [0.05, 0.1) is 0 Å². The topological polar surface area (TPSA) is 42.3 Å². The number of rotatable bonds is 8. The van der Waals surface area contributed by atoms with Crippen molar-refractivity contribution in [2.45, 2.75) is 19.4 Å². The predicted molar refractivity (Wildman–Crippen MR) is 99.9 cm³/mol. The lowest BCUT2D eigenvalue weighted by Crippen LogP contribution is -2.34. The largest absolute Gasteiger partial charge is 0.339 e.